The van der Waals surface area contributed by atoms with Crippen LogP contribution >= 0.6 is 11.6 Å². The highest BCUT2D eigenvalue weighted by atomic mass is 35.5. The van der Waals surface area contributed by atoms with Crippen LogP contribution in [-0.4, -0.2) is 13.4 Å². The van der Waals surface area contributed by atoms with Gasteiger partial charge < -0.3 is 0 Å². The molecular weight excluding hydrogens is 294 g/mol. The van der Waals surface area contributed by atoms with Gasteiger partial charge >= 0.3 is 0 Å². The number of fused-ring (bicyclic) bond motifs is 1. The van der Waals surface area contributed by atoms with E-state index in [9.17, 15) is 8.42 Å². The highest BCUT2D eigenvalue weighted by Crippen LogP contribution is 2.32. The highest BCUT2D eigenvalue weighted by Gasteiger charge is 2.22. The highest BCUT2D eigenvalue weighted by molar-refractivity contribution is 7.91. The van der Waals surface area contributed by atoms with Gasteiger partial charge in [-0.25, -0.2) is 8.42 Å². The molecule has 20 heavy (non-hydrogen) atoms. The fourth-order valence-electron chi connectivity index (χ4n) is 2.00. The van der Waals surface area contributed by atoms with Crippen LogP contribution in [0.1, 0.15) is 0 Å². The number of halogens is 1. The Kier molecular flexibility index (Phi) is 3.20. The maximum atomic E-state index is 12.6. The van der Waals surface area contributed by atoms with Crippen LogP contribution in [0.5, 0.6) is 0 Å². The summed E-state index contributed by atoms with van der Waals surface area (Å²) in [5.74, 6) is 0. The summed E-state index contributed by atoms with van der Waals surface area (Å²) < 4.78 is 25.1. The van der Waals surface area contributed by atoms with E-state index in [-0.39, 0.29) is 14.8 Å². The van der Waals surface area contributed by atoms with Crippen molar-refractivity contribution in [3.05, 3.63) is 65.8 Å². The quantitative estimate of drug-likeness (QED) is 0.725. The van der Waals surface area contributed by atoms with E-state index >= 15 is 0 Å². The van der Waals surface area contributed by atoms with Crippen LogP contribution in [0.2, 0.25) is 5.02 Å². The Bertz CT molecular complexity index is 877. The van der Waals surface area contributed by atoms with Crippen molar-refractivity contribution in [3.63, 3.8) is 0 Å². The molecule has 3 aromatic rings. The number of hydrogen-bond acceptors (Lipinski definition) is 3. The smallest absolute Gasteiger partial charge is 0.209 e. The second-order valence-electron chi connectivity index (χ2n) is 4.27. The van der Waals surface area contributed by atoms with Crippen LogP contribution in [-0.2, 0) is 9.84 Å². The van der Waals surface area contributed by atoms with Crippen LogP contribution in [0, 0.1) is 0 Å². The number of hydrogen-bond donors (Lipinski definition) is 0. The topological polar surface area (TPSA) is 47.0 Å². The number of sulfone groups is 1. The molecule has 1 aromatic heterocycles. The summed E-state index contributed by atoms with van der Waals surface area (Å²) in [5, 5.41) is 0.839. The third-order valence-corrected chi connectivity index (χ3v) is 5.32. The van der Waals surface area contributed by atoms with E-state index in [0.717, 1.165) is 0 Å². The lowest BCUT2D eigenvalue weighted by Gasteiger charge is -2.08. The van der Waals surface area contributed by atoms with Crippen molar-refractivity contribution in [1.29, 1.82) is 0 Å². The van der Waals surface area contributed by atoms with Crippen molar-refractivity contribution in [2.75, 3.05) is 0 Å². The number of pyridine rings is 1. The molecule has 0 unspecified atom stereocenters. The van der Waals surface area contributed by atoms with Gasteiger partial charge in [-0.15, -0.1) is 0 Å². The van der Waals surface area contributed by atoms with Crippen LogP contribution in [0.15, 0.2) is 70.6 Å². The molecule has 0 saturated heterocycles. The second-order valence-corrected chi connectivity index (χ2v) is 6.57. The Morgan fingerprint density at radius 2 is 1.55 bits per heavy atom. The Hall–Kier alpha value is -1.91. The largest absolute Gasteiger partial charge is 0.255 e. The fourth-order valence-corrected chi connectivity index (χ4v) is 3.82. The molecule has 3 nitrogen and oxygen atoms in total. The van der Waals surface area contributed by atoms with Crippen molar-refractivity contribution >= 4 is 32.3 Å². The second kappa shape index (κ2) is 4.89. The zero-order valence-corrected chi connectivity index (χ0v) is 11.9. The van der Waals surface area contributed by atoms with Gasteiger partial charge in [0, 0.05) is 11.6 Å². The molecule has 0 aliphatic carbocycles. The first-order valence-electron chi connectivity index (χ1n) is 5.94. The lowest BCUT2D eigenvalue weighted by molar-refractivity contribution is 0.596. The van der Waals surface area contributed by atoms with Crippen LogP contribution < -0.4 is 0 Å². The van der Waals surface area contributed by atoms with Gasteiger partial charge in [0.15, 0.2) is 0 Å². The van der Waals surface area contributed by atoms with Gasteiger partial charge in [0.2, 0.25) is 9.84 Å². The molecule has 0 amide bonds. The summed E-state index contributed by atoms with van der Waals surface area (Å²) in [5.41, 5.74) is 0.671. The SMILES string of the molecule is O=S(=O)(c1ccccc1)c1cnc2ccccc2c1Cl. The minimum absolute atomic E-state index is 0.0315. The molecule has 0 aliphatic heterocycles. The van der Waals surface area contributed by atoms with E-state index < -0.39 is 9.84 Å². The van der Waals surface area contributed by atoms with Gasteiger partial charge in [0.25, 0.3) is 0 Å². The maximum Gasteiger partial charge on any atom is 0.209 e. The van der Waals surface area contributed by atoms with E-state index in [1.165, 1.54) is 6.20 Å². The molecule has 0 radical (unpaired) electrons. The van der Waals surface area contributed by atoms with Crippen molar-refractivity contribution in [3.8, 4) is 0 Å². The summed E-state index contributed by atoms with van der Waals surface area (Å²) >= 11 is 6.26. The molecule has 5 heteroatoms. The lowest BCUT2D eigenvalue weighted by atomic mass is 10.2. The fraction of sp³-hybridized carbons (Fsp3) is 0. The monoisotopic (exact) mass is 303 g/mol. The Balaban J connectivity index is 2.28. The Morgan fingerprint density at radius 1 is 0.900 bits per heavy atom. The van der Waals surface area contributed by atoms with E-state index in [2.05, 4.69) is 4.98 Å². The summed E-state index contributed by atoms with van der Waals surface area (Å²) in [4.78, 5) is 4.41. The minimum atomic E-state index is -3.66. The molecule has 100 valence electrons. The summed E-state index contributed by atoms with van der Waals surface area (Å²) in [7, 11) is -3.66. The molecule has 0 fully saturated rings. The molecule has 0 saturated carbocycles. The Labute approximate surface area is 121 Å². The first kappa shape index (κ1) is 13.1. The molecular formula is C15H10ClNO2S. The Morgan fingerprint density at radius 3 is 2.30 bits per heavy atom. The van der Waals surface area contributed by atoms with Gasteiger partial charge in [0.05, 0.1) is 15.4 Å². The number of benzene rings is 2. The lowest BCUT2D eigenvalue weighted by Crippen LogP contribution is -2.03. The molecule has 0 spiro atoms. The predicted molar refractivity (Wildman–Crippen MR) is 78.6 cm³/mol. The molecule has 3 rings (SSSR count). The number of rotatable bonds is 2. The average molecular weight is 304 g/mol. The average Bonchev–Trinajstić information content (AvgIpc) is 2.48. The van der Waals surface area contributed by atoms with Gasteiger partial charge in [-0.05, 0) is 18.2 Å². The van der Waals surface area contributed by atoms with E-state index in [1.807, 2.05) is 6.07 Å². The molecule has 0 N–H and O–H groups in total. The van der Waals surface area contributed by atoms with Crippen LogP contribution in [0.3, 0.4) is 0 Å². The van der Waals surface area contributed by atoms with Crippen LogP contribution in [0.4, 0.5) is 0 Å². The number of aromatic nitrogens is 1. The van der Waals surface area contributed by atoms with E-state index in [4.69, 9.17) is 11.6 Å². The normalized spacial score (nSPS) is 11.7. The van der Waals surface area contributed by atoms with Crippen molar-refractivity contribution in [2.45, 2.75) is 9.79 Å². The third kappa shape index (κ3) is 2.07. The van der Waals surface area contributed by atoms with Gasteiger partial charge in [-0.3, -0.25) is 4.98 Å². The third-order valence-electron chi connectivity index (χ3n) is 3.02. The number of nitrogens with zero attached hydrogens (tertiary/aromatic N) is 1. The summed E-state index contributed by atoms with van der Waals surface area (Å²) in [6.07, 6.45) is 1.31. The molecule has 1 heterocycles. The summed E-state index contributed by atoms with van der Waals surface area (Å²) in [6, 6.07) is 15.4. The van der Waals surface area contributed by atoms with E-state index in [0.29, 0.717) is 10.9 Å². The molecule has 0 aliphatic rings. The predicted octanol–water partition coefficient (Wildman–Crippen LogP) is 3.72. The van der Waals surface area contributed by atoms with Crippen molar-refractivity contribution in [2.24, 2.45) is 0 Å². The first-order valence-corrected chi connectivity index (χ1v) is 7.80. The van der Waals surface area contributed by atoms with Gasteiger partial charge in [0.1, 0.15) is 4.90 Å². The first-order chi connectivity index (χ1) is 9.60. The zero-order chi connectivity index (χ0) is 14.2. The summed E-state index contributed by atoms with van der Waals surface area (Å²) in [6.45, 7) is 0. The van der Waals surface area contributed by atoms with Gasteiger partial charge in [-0.2, -0.15) is 0 Å². The van der Waals surface area contributed by atoms with Crippen molar-refractivity contribution in [1.82, 2.24) is 4.98 Å². The standard InChI is InChI=1S/C15H10ClNO2S/c16-15-12-8-4-5-9-13(12)17-10-14(15)20(18,19)11-6-2-1-3-7-11/h1-10H. The zero-order valence-electron chi connectivity index (χ0n) is 10.3. The molecule has 2 aromatic carbocycles. The molecule has 0 atom stereocenters. The van der Waals surface area contributed by atoms with E-state index in [1.54, 1.807) is 48.5 Å². The van der Waals surface area contributed by atoms with Crippen LogP contribution in [0.25, 0.3) is 10.9 Å². The van der Waals surface area contributed by atoms with Gasteiger partial charge in [-0.1, -0.05) is 48.0 Å². The number of para-hydroxylation sites is 1. The van der Waals surface area contributed by atoms with Crippen molar-refractivity contribution < 1.29 is 8.42 Å². The molecule has 0 bridgehead atoms. The maximum absolute atomic E-state index is 12.6. The minimum Gasteiger partial charge on any atom is -0.255 e.